The summed E-state index contributed by atoms with van der Waals surface area (Å²) in [6, 6.07) is 14.9. The predicted molar refractivity (Wildman–Crippen MR) is 86.2 cm³/mol. The maximum Gasteiger partial charge on any atom is 0.0708 e. The van der Waals surface area contributed by atoms with Crippen LogP contribution in [0.25, 0.3) is 10.9 Å². The van der Waals surface area contributed by atoms with Crippen LogP contribution < -0.4 is 5.32 Å². The lowest BCUT2D eigenvalue weighted by molar-refractivity contribution is 0.594. The van der Waals surface area contributed by atoms with Crippen molar-refractivity contribution in [3.8, 4) is 0 Å². The van der Waals surface area contributed by atoms with Crippen LogP contribution in [0.15, 0.2) is 54.9 Å². The molecule has 0 aliphatic rings. The molecule has 0 aliphatic carbocycles. The lowest BCUT2D eigenvalue weighted by Gasteiger charge is -2.19. The molecule has 1 unspecified atom stereocenters. The fourth-order valence-corrected chi connectivity index (χ4v) is 2.75. The predicted octanol–water partition coefficient (Wildman–Crippen LogP) is 3.44. The van der Waals surface area contributed by atoms with Gasteiger partial charge in [0.2, 0.25) is 0 Å². The number of nitrogens with one attached hydrogen (secondary N) is 1. The van der Waals surface area contributed by atoms with Gasteiger partial charge in [0.1, 0.15) is 0 Å². The molecule has 1 atom stereocenters. The average molecular weight is 277 g/mol. The van der Waals surface area contributed by atoms with E-state index in [0.717, 1.165) is 17.6 Å². The number of likely N-dealkylation sites (N-methyl/N-ethyl adjacent to an activating group) is 1. The Balaban J connectivity index is 2.04. The van der Waals surface area contributed by atoms with E-state index >= 15 is 0 Å². The van der Waals surface area contributed by atoms with Crippen molar-refractivity contribution < 1.29 is 0 Å². The number of pyridine rings is 2. The van der Waals surface area contributed by atoms with Crippen LogP contribution in [-0.4, -0.2) is 17.0 Å². The molecule has 0 saturated carbocycles. The Bertz CT molecular complexity index is 738. The number of fused-ring (bicyclic) bond motifs is 1. The molecule has 0 spiro atoms. The van der Waals surface area contributed by atoms with Crippen LogP contribution >= 0.6 is 0 Å². The first-order chi connectivity index (χ1) is 10.3. The zero-order valence-corrected chi connectivity index (χ0v) is 12.4. The highest BCUT2D eigenvalue weighted by Gasteiger charge is 2.14. The van der Waals surface area contributed by atoms with Gasteiger partial charge in [-0.05, 0) is 49.7 Å². The molecule has 0 radical (unpaired) electrons. The maximum atomic E-state index is 4.62. The van der Waals surface area contributed by atoms with Crippen LogP contribution in [-0.2, 0) is 6.42 Å². The number of aryl methyl sites for hydroxylation is 1. The minimum atomic E-state index is 0.251. The molecule has 2 heterocycles. The Morgan fingerprint density at radius 2 is 2.00 bits per heavy atom. The number of aromatic nitrogens is 2. The smallest absolute Gasteiger partial charge is 0.0708 e. The SMILES string of the molecule is CNC(Cc1cccnc1)c1cc(C)nc2ccccc12. The van der Waals surface area contributed by atoms with Gasteiger partial charge in [-0.3, -0.25) is 9.97 Å². The van der Waals surface area contributed by atoms with E-state index in [1.807, 2.05) is 38.5 Å². The molecule has 0 fully saturated rings. The van der Waals surface area contributed by atoms with Gasteiger partial charge < -0.3 is 5.32 Å². The van der Waals surface area contributed by atoms with Crippen molar-refractivity contribution in [1.82, 2.24) is 15.3 Å². The van der Waals surface area contributed by atoms with Gasteiger partial charge in [-0.25, -0.2) is 0 Å². The zero-order chi connectivity index (χ0) is 14.7. The monoisotopic (exact) mass is 277 g/mol. The first-order valence-electron chi connectivity index (χ1n) is 7.20. The molecule has 0 amide bonds. The van der Waals surface area contributed by atoms with Gasteiger partial charge in [0.05, 0.1) is 5.52 Å². The minimum Gasteiger partial charge on any atom is -0.313 e. The number of hydrogen-bond acceptors (Lipinski definition) is 3. The third-order valence-corrected chi connectivity index (χ3v) is 3.76. The van der Waals surface area contributed by atoms with Crippen LogP contribution in [0.5, 0.6) is 0 Å². The van der Waals surface area contributed by atoms with E-state index in [2.05, 4.69) is 45.6 Å². The first kappa shape index (κ1) is 13.7. The Kier molecular flexibility index (Phi) is 3.93. The summed E-state index contributed by atoms with van der Waals surface area (Å²) in [4.78, 5) is 8.83. The van der Waals surface area contributed by atoms with E-state index in [1.165, 1.54) is 16.5 Å². The highest BCUT2D eigenvalue weighted by Crippen LogP contribution is 2.26. The summed E-state index contributed by atoms with van der Waals surface area (Å²) in [6.07, 6.45) is 4.65. The van der Waals surface area contributed by atoms with E-state index in [4.69, 9.17) is 0 Å². The fourth-order valence-electron chi connectivity index (χ4n) is 2.75. The van der Waals surface area contributed by atoms with Crippen molar-refractivity contribution in [1.29, 1.82) is 0 Å². The number of benzene rings is 1. The average Bonchev–Trinajstić information content (AvgIpc) is 2.53. The molecular formula is C18H19N3. The number of rotatable bonds is 4. The Labute approximate surface area is 125 Å². The summed E-state index contributed by atoms with van der Waals surface area (Å²) in [7, 11) is 2.01. The molecule has 0 aliphatic heterocycles. The third kappa shape index (κ3) is 2.93. The third-order valence-electron chi connectivity index (χ3n) is 3.76. The van der Waals surface area contributed by atoms with Crippen molar-refractivity contribution in [2.75, 3.05) is 7.05 Å². The standard InChI is InChI=1S/C18H19N3/c1-13-10-16(15-7-3-4-8-17(15)21-13)18(19-2)11-14-6-5-9-20-12-14/h3-10,12,18-19H,11H2,1-2H3. The molecule has 3 aromatic rings. The van der Waals surface area contributed by atoms with Gasteiger partial charge in [0, 0.05) is 29.5 Å². The van der Waals surface area contributed by atoms with E-state index in [-0.39, 0.29) is 6.04 Å². The van der Waals surface area contributed by atoms with Gasteiger partial charge in [-0.2, -0.15) is 0 Å². The molecule has 0 saturated heterocycles. The molecule has 3 heteroatoms. The summed E-state index contributed by atoms with van der Waals surface area (Å²) in [5.74, 6) is 0. The largest absolute Gasteiger partial charge is 0.313 e. The second-order valence-electron chi connectivity index (χ2n) is 5.28. The molecule has 2 aromatic heterocycles. The van der Waals surface area contributed by atoms with Crippen LogP contribution in [0.3, 0.4) is 0 Å². The maximum absolute atomic E-state index is 4.62. The molecule has 1 N–H and O–H groups in total. The minimum absolute atomic E-state index is 0.251. The summed E-state index contributed by atoms with van der Waals surface area (Å²) < 4.78 is 0. The zero-order valence-electron chi connectivity index (χ0n) is 12.4. The second-order valence-corrected chi connectivity index (χ2v) is 5.28. The Morgan fingerprint density at radius 1 is 1.14 bits per heavy atom. The van der Waals surface area contributed by atoms with Gasteiger partial charge >= 0.3 is 0 Å². The van der Waals surface area contributed by atoms with Crippen LogP contribution in [0.1, 0.15) is 22.9 Å². The molecule has 0 bridgehead atoms. The van der Waals surface area contributed by atoms with Crippen molar-refractivity contribution in [3.05, 3.63) is 71.7 Å². The van der Waals surface area contributed by atoms with Crippen molar-refractivity contribution in [3.63, 3.8) is 0 Å². The van der Waals surface area contributed by atoms with Gasteiger partial charge in [0.25, 0.3) is 0 Å². The van der Waals surface area contributed by atoms with Gasteiger partial charge in [-0.1, -0.05) is 24.3 Å². The van der Waals surface area contributed by atoms with Crippen molar-refractivity contribution in [2.24, 2.45) is 0 Å². The van der Waals surface area contributed by atoms with E-state index in [0.29, 0.717) is 0 Å². The van der Waals surface area contributed by atoms with E-state index in [1.54, 1.807) is 0 Å². The molecule has 21 heavy (non-hydrogen) atoms. The van der Waals surface area contributed by atoms with E-state index < -0.39 is 0 Å². The quantitative estimate of drug-likeness (QED) is 0.794. The lowest BCUT2D eigenvalue weighted by atomic mass is 9.96. The van der Waals surface area contributed by atoms with Gasteiger partial charge in [-0.15, -0.1) is 0 Å². The Hall–Kier alpha value is -2.26. The fraction of sp³-hybridized carbons (Fsp3) is 0.222. The highest BCUT2D eigenvalue weighted by molar-refractivity contribution is 5.82. The van der Waals surface area contributed by atoms with E-state index in [9.17, 15) is 0 Å². The molecule has 1 aromatic carbocycles. The van der Waals surface area contributed by atoms with Crippen molar-refractivity contribution >= 4 is 10.9 Å². The number of hydrogen-bond donors (Lipinski definition) is 1. The summed E-state index contributed by atoms with van der Waals surface area (Å²) in [6.45, 7) is 2.05. The number of para-hydroxylation sites is 1. The molecule has 3 rings (SSSR count). The normalized spacial score (nSPS) is 12.5. The summed E-state index contributed by atoms with van der Waals surface area (Å²) in [5.41, 5.74) is 4.63. The van der Waals surface area contributed by atoms with Crippen LogP contribution in [0.2, 0.25) is 0 Å². The summed E-state index contributed by atoms with van der Waals surface area (Å²) in [5, 5.41) is 4.64. The first-order valence-corrected chi connectivity index (χ1v) is 7.20. The molecular weight excluding hydrogens is 258 g/mol. The lowest BCUT2D eigenvalue weighted by Crippen LogP contribution is -2.19. The van der Waals surface area contributed by atoms with Crippen molar-refractivity contribution in [2.45, 2.75) is 19.4 Å². The van der Waals surface area contributed by atoms with Crippen LogP contribution in [0, 0.1) is 6.92 Å². The molecule has 106 valence electrons. The van der Waals surface area contributed by atoms with Gasteiger partial charge in [0.15, 0.2) is 0 Å². The highest BCUT2D eigenvalue weighted by atomic mass is 14.9. The molecule has 3 nitrogen and oxygen atoms in total. The van der Waals surface area contributed by atoms with Crippen LogP contribution in [0.4, 0.5) is 0 Å². The topological polar surface area (TPSA) is 37.8 Å². The number of nitrogens with zero attached hydrogens (tertiary/aromatic N) is 2. The summed E-state index contributed by atoms with van der Waals surface area (Å²) >= 11 is 0. The second kappa shape index (κ2) is 6.02. The Morgan fingerprint density at radius 3 is 2.76 bits per heavy atom.